The van der Waals surface area contributed by atoms with Crippen molar-refractivity contribution < 1.29 is 276 Å². The fraction of sp³-hybridized carbons (Fsp3) is 0.286. The fourth-order valence-corrected chi connectivity index (χ4v) is 6.42. The summed E-state index contributed by atoms with van der Waals surface area (Å²) < 4.78 is 0. The van der Waals surface area contributed by atoms with Crippen LogP contribution in [0.2, 0.25) is 0 Å². The maximum Gasteiger partial charge on any atom is 3.00 e. The first-order chi connectivity index (χ1) is 60.4. The van der Waals surface area contributed by atoms with Crippen molar-refractivity contribution in [1.82, 2.24) is 0 Å². The van der Waals surface area contributed by atoms with Crippen molar-refractivity contribution in [1.29, 1.82) is 0 Å². The van der Waals surface area contributed by atoms with Gasteiger partial charge in [-0.3, -0.25) is 39.9 Å². The molecule has 133 heavy (non-hydrogen) atoms. The van der Waals surface area contributed by atoms with E-state index < -0.39 is 0 Å². The van der Waals surface area contributed by atoms with Crippen LogP contribution in [0.25, 0.3) is 21.6 Å². The Balaban J connectivity index is -0.0000000540. The van der Waals surface area contributed by atoms with Gasteiger partial charge in [0.05, 0.1) is 0 Å². The summed E-state index contributed by atoms with van der Waals surface area (Å²) in [6, 6.07) is 52.7. The molecular weight excluding hydrogens is 2240 g/mol. The van der Waals surface area contributed by atoms with Gasteiger partial charge in [0, 0.05) is 159 Å². The Morgan fingerprint density at radius 1 is 0.211 bits per heavy atom. The molecule has 0 aliphatic carbocycles. The van der Waals surface area contributed by atoms with Gasteiger partial charge in [0.25, 0.3) is 0 Å². The summed E-state index contributed by atoms with van der Waals surface area (Å²) >= 11 is 14.8. The summed E-state index contributed by atoms with van der Waals surface area (Å²) in [5, 5.41) is 258. The Hall–Kier alpha value is -7.24. The number of aliphatic hydroxyl groups is 8. The van der Waals surface area contributed by atoms with E-state index in [-0.39, 0.29) is 305 Å². The van der Waals surface area contributed by atoms with Crippen LogP contribution in [0.15, 0.2) is 234 Å². The maximum atomic E-state index is 11.0. The summed E-state index contributed by atoms with van der Waals surface area (Å²) in [6.07, 6.45) is 11.6. The van der Waals surface area contributed by atoms with Crippen LogP contribution in [0.3, 0.4) is 0 Å². The van der Waals surface area contributed by atoms with Gasteiger partial charge in [0.15, 0.2) is 0 Å². The molecule has 0 atom stereocenters. The number of rotatable bonds is 24. The van der Waals surface area contributed by atoms with Crippen molar-refractivity contribution in [3.05, 3.63) is 260 Å². The van der Waals surface area contributed by atoms with Gasteiger partial charge in [0.2, 0.25) is 0 Å². The summed E-state index contributed by atoms with van der Waals surface area (Å²) in [6.45, 7) is -0.0646. The number of hydrogen-bond donors (Lipinski definition) is 8. The third kappa shape index (κ3) is 129. The molecule has 8 aromatic carbocycles. The van der Waals surface area contributed by atoms with Crippen molar-refractivity contribution in [2.45, 2.75) is 0 Å². The Morgan fingerprint density at radius 2 is 0.278 bits per heavy atom. The summed E-state index contributed by atoms with van der Waals surface area (Å²) in [5.74, 6) is -0.503. The van der Waals surface area contributed by atoms with Crippen LogP contribution in [0.5, 0.6) is 46.0 Å². The summed E-state index contributed by atoms with van der Waals surface area (Å²) in [7, 11) is 8.00. The van der Waals surface area contributed by atoms with E-state index in [9.17, 15) is 81.7 Å². The minimum absolute atomic E-state index is 0. The van der Waals surface area contributed by atoms with Crippen molar-refractivity contribution in [3.8, 4) is 46.0 Å². The van der Waals surface area contributed by atoms with E-state index in [0.717, 1.165) is 56.9 Å². The topological polar surface area (TPSA) is 719 Å². The number of aliphatic hydroxyl groups excluding tert-OH is 8. The standard InChI is InChI=1S/8C9H10NO2.4CNS.8CH4O.6Cu.3Mn/c8*11-6-5-10-7-8-3-1-2-4-9(8)12;4*2-1-3;8*1-2;;;;;;;;;/h8*1-4,7,12H,5-6H2;;;;;8*2H,1H3;;;;;;;;;/q12*-1;;;;;;;;;7*+2;2*+3/p-8. The van der Waals surface area contributed by atoms with Crippen molar-refractivity contribution in [3.63, 3.8) is 0 Å². The molecule has 0 spiro atoms. The minimum atomic E-state index is -0.239. The van der Waals surface area contributed by atoms with E-state index in [1.165, 1.54) is 119 Å². The van der Waals surface area contributed by atoms with Crippen molar-refractivity contribution in [2.24, 2.45) is 39.9 Å². The number of hydrogen-bond acceptors (Lipinski definition) is 36. The maximum absolute atomic E-state index is 11.0. The average Bonchev–Trinajstić information content (AvgIpc) is 0.975. The molecular formula is C84H104Cu6Mn3N12O24S4. The van der Waals surface area contributed by atoms with Gasteiger partial charge < -0.3 is 144 Å². The molecule has 0 aliphatic heterocycles. The van der Waals surface area contributed by atoms with E-state index in [2.05, 4.69) is 88.8 Å². The Kier molecular flexibility index (Phi) is 217. The number of aliphatic imine (C=N–C) groups is 8. The number of nitrogens with zero attached hydrogens (tertiary/aromatic N) is 12. The van der Waals surface area contributed by atoms with E-state index in [1.54, 1.807) is 146 Å². The van der Waals surface area contributed by atoms with Crippen LogP contribution in [-0.4, -0.2) is 273 Å². The van der Waals surface area contributed by atoms with Gasteiger partial charge in [-0.05, 0) is 44.5 Å². The zero-order valence-electron chi connectivity index (χ0n) is 72.5. The first-order valence-corrected chi connectivity index (χ1v) is 36.4. The molecule has 0 bridgehead atoms. The molecule has 0 saturated carbocycles. The van der Waals surface area contributed by atoms with Crippen LogP contribution >= 0.6 is 48.9 Å². The summed E-state index contributed by atoms with van der Waals surface area (Å²) in [4.78, 5) is 30.3. The molecule has 0 saturated heterocycles. The van der Waals surface area contributed by atoms with E-state index in [4.69, 9.17) is 62.5 Å². The minimum Gasteiger partial charge on any atom is -0.872 e. The second-order valence-corrected chi connectivity index (χ2v) is 19.3. The van der Waals surface area contributed by atoms with Gasteiger partial charge in [0.1, 0.15) is 0 Å². The van der Waals surface area contributed by atoms with Gasteiger partial charge in [-0.25, -0.2) is 0 Å². The van der Waals surface area contributed by atoms with Gasteiger partial charge in [-0.15, -0.1) is 98.9 Å². The third-order valence-electron chi connectivity index (χ3n) is 11.0. The molecule has 0 aliphatic rings. The molecule has 0 amide bonds. The zero-order valence-corrected chi connectivity index (χ0v) is 84.9. The molecule has 7 radical (unpaired) electrons. The molecule has 36 nitrogen and oxygen atoms in total. The molecule has 49 heteroatoms. The summed E-state index contributed by atoms with van der Waals surface area (Å²) in [5.41, 5.74) is 4.27. The predicted octanol–water partition coefficient (Wildman–Crippen LogP) is -4.20. The predicted molar refractivity (Wildman–Crippen MR) is 475 cm³/mol. The monoisotopic (exact) mass is 2340 g/mol. The molecule has 755 valence electrons. The number of para-hydroxylation sites is 8. The smallest absolute Gasteiger partial charge is 0.872 e. The van der Waals surface area contributed by atoms with Crippen molar-refractivity contribution in [2.75, 3.05) is 162 Å². The third-order valence-corrected chi connectivity index (χ3v) is 11.0. The molecule has 8 aromatic rings. The second kappa shape index (κ2) is 162. The SMILES string of the molecule is CO.CO.CO.CO.CO.CO.CO.CO.[Cu+2].[Cu+2].[Cu+2].[Cu+2].[Cu+2].[Cu+2].[Mn+2].[Mn+3].[Mn+3].[N-]=C=S.[N-]=C=S.[N-]=C=S.[N-]=C=S.[O-]CCN=Cc1ccccc1[O-].[O-]CCN=Cc1ccccc1[O-].[O-]CCN=Cc1ccccc1[O-].[O-]CCN=Cc1ccccc1[O-].[O-]CCN=Cc1ccccc1[O-].[O-]CCN=Cc1ccccc1[O-].[O-]CCN=Cc1ccccc1[O-].[O-]CCN=Cc1ccccc1[O-]. The van der Waals surface area contributed by atoms with E-state index in [0.29, 0.717) is 44.5 Å². The Morgan fingerprint density at radius 3 is 0.338 bits per heavy atom. The van der Waals surface area contributed by atoms with E-state index in [1.807, 2.05) is 0 Å². The second-order valence-electron chi connectivity index (χ2n) is 18.6. The molecule has 8 rings (SSSR count). The van der Waals surface area contributed by atoms with Crippen LogP contribution in [0.1, 0.15) is 44.5 Å². The zero-order chi connectivity index (χ0) is 97.3. The van der Waals surface area contributed by atoms with Gasteiger partial charge >= 0.3 is 154 Å². The Bertz CT molecular complexity index is 3340. The van der Waals surface area contributed by atoms with Crippen LogP contribution < -0.4 is 81.7 Å². The van der Waals surface area contributed by atoms with Crippen LogP contribution in [0.4, 0.5) is 0 Å². The normalized spacial score (nSPS) is 8.36. The number of thiocarbonyl (C=S) groups is 4. The Labute approximate surface area is 895 Å². The van der Waals surface area contributed by atoms with Crippen molar-refractivity contribution >= 4 is 119 Å². The van der Waals surface area contributed by atoms with Gasteiger partial charge in [-0.2, -0.15) is 20.6 Å². The average molecular weight is 2340 g/mol. The molecule has 0 heterocycles. The first kappa shape index (κ1) is 178. The molecule has 0 aromatic heterocycles. The fourth-order valence-electron chi connectivity index (χ4n) is 6.42. The number of isothiocyanates is 4. The van der Waals surface area contributed by atoms with Crippen LogP contribution in [-0.2, 0) is 154 Å². The first-order valence-electron chi connectivity index (χ1n) is 34.8. The molecule has 8 N–H and O–H groups in total. The molecule has 0 fully saturated rings. The number of benzene rings is 8. The van der Waals surface area contributed by atoms with Gasteiger partial charge in [-0.1, -0.05) is 243 Å². The molecule has 0 unspecified atom stereocenters. The van der Waals surface area contributed by atoms with Crippen LogP contribution in [0, 0.1) is 0 Å². The largest absolute Gasteiger partial charge is 3.00 e. The van der Waals surface area contributed by atoms with E-state index >= 15 is 0 Å². The quantitative estimate of drug-likeness (QED) is 0.0161.